The van der Waals surface area contributed by atoms with Gasteiger partial charge in [-0.05, 0) is 80.9 Å². The van der Waals surface area contributed by atoms with Crippen LogP contribution in [0.3, 0.4) is 0 Å². The average Bonchev–Trinajstić information content (AvgIpc) is 4.01. The third-order valence-electron chi connectivity index (χ3n) is 12.0. The van der Waals surface area contributed by atoms with Gasteiger partial charge in [0.2, 0.25) is 28.3 Å². The molecule has 0 radical (unpaired) electrons. The number of carbonyl (C=O) groups excluding carboxylic acids is 4. The van der Waals surface area contributed by atoms with E-state index in [0.717, 1.165) is 6.07 Å². The molecule has 1 N–H and O–H groups in total. The quantitative estimate of drug-likeness (QED) is 0.168. The number of rotatable bonds is 9. The molecule has 6 rings (SSSR count). The molecule has 318 valence electrons. The molecule has 2 saturated carbocycles. The topological polar surface area (TPSA) is 158 Å². The number of alkyl halides is 4. The van der Waals surface area contributed by atoms with Gasteiger partial charge in [0.1, 0.15) is 6.10 Å². The van der Waals surface area contributed by atoms with Crippen molar-refractivity contribution in [1.29, 1.82) is 0 Å². The van der Waals surface area contributed by atoms with E-state index in [2.05, 4.69) is 4.98 Å². The molecule has 2 aliphatic heterocycles. The Hall–Kier alpha value is -4.35. The van der Waals surface area contributed by atoms with E-state index in [1.165, 1.54) is 24.3 Å². The fourth-order valence-electron chi connectivity index (χ4n) is 8.09. The number of esters is 1. The van der Waals surface area contributed by atoms with E-state index >= 15 is 0 Å². The number of amides is 2. The SMILES string of the molecule is COc1cc2ccnc(O[C@@H]3C[C@H]4C(=O)C[C@]5(C(=O)NS(=O)(=O)C6(F)CC6)C[C@H]5/C=C\CC[C@@H](C)C[C@@H](C)[C@H](CC(=O)OC(C)(C)C(F)(F)F)C(=O)N4C3)c2cc1F. The van der Waals surface area contributed by atoms with Crippen LogP contribution in [-0.4, -0.2) is 84.4 Å². The molecule has 2 amide bonds. The monoisotopic (exact) mass is 841 g/mol. The van der Waals surface area contributed by atoms with E-state index in [1.807, 2.05) is 17.7 Å². The maximum Gasteiger partial charge on any atom is 0.427 e. The Labute approximate surface area is 333 Å². The number of allylic oxidation sites excluding steroid dienone is 2. The van der Waals surface area contributed by atoms with Gasteiger partial charge >= 0.3 is 12.1 Å². The van der Waals surface area contributed by atoms with Crippen molar-refractivity contribution in [1.82, 2.24) is 14.6 Å². The molecule has 3 fully saturated rings. The van der Waals surface area contributed by atoms with Crippen molar-refractivity contribution in [3.8, 4) is 11.6 Å². The highest BCUT2D eigenvalue weighted by atomic mass is 32.2. The summed E-state index contributed by atoms with van der Waals surface area (Å²) in [6.07, 6.45) is -1.38. The van der Waals surface area contributed by atoms with Crippen LogP contribution in [0.2, 0.25) is 0 Å². The van der Waals surface area contributed by atoms with Crippen LogP contribution in [0.1, 0.15) is 85.5 Å². The van der Waals surface area contributed by atoms with Gasteiger partial charge in [0, 0.05) is 37.3 Å². The van der Waals surface area contributed by atoms with Crippen molar-refractivity contribution in [2.45, 2.75) is 114 Å². The molecular formula is C40H48F5N3O9S. The van der Waals surface area contributed by atoms with Gasteiger partial charge < -0.3 is 19.1 Å². The summed E-state index contributed by atoms with van der Waals surface area (Å²) < 4.78 is 115. The zero-order chi connectivity index (χ0) is 42.6. The van der Waals surface area contributed by atoms with Gasteiger partial charge in [0.25, 0.3) is 10.0 Å². The van der Waals surface area contributed by atoms with Gasteiger partial charge in [-0.1, -0.05) is 26.0 Å². The van der Waals surface area contributed by atoms with Crippen LogP contribution in [0.25, 0.3) is 10.8 Å². The summed E-state index contributed by atoms with van der Waals surface area (Å²) >= 11 is 0. The first-order chi connectivity index (χ1) is 27.0. The minimum absolute atomic E-state index is 0.0305. The minimum atomic E-state index is -4.91. The van der Waals surface area contributed by atoms with Gasteiger partial charge in [-0.15, -0.1) is 0 Å². The molecule has 0 spiro atoms. The fourth-order valence-corrected chi connectivity index (χ4v) is 9.36. The van der Waals surface area contributed by atoms with Crippen LogP contribution in [-0.2, 0) is 33.9 Å². The van der Waals surface area contributed by atoms with Crippen molar-refractivity contribution in [2.24, 2.45) is 29.1 Å². The van der Waals surface area contributed by atoms with E-state index in [0.29, 0.717) is 38.5 Å². The van der Waals surface area contributed by atoms with E-state index in [-0.39, 0.29) is 55.2 Å². The maximum atomic E-state index is 14.9. The van der Waals surface area contributed by atoms with Gasteiger partial charge in [0.05, 0.1) is 37.5 Å². The highest BCUT2D eigenvalue weighted by Crippen LogP contribution is 2.58. The van der Waals surface area contributed by atoms with Crippen molar-refractivity contribution in [2.75, 3.05) is 13.7 Å². The van der Waals surface area contributed by atoms with Crippen molar-refractivity contribution in [3.63, 3.8) is 0 Å². The molecule has 58 heavy (non-hydrogen) atoms. The number of pyridine rings is 1. The maximum absolute atomic E-state index is 14.9. The fraction of sp³-hybridized carbons (Fsp3) is 0.625. The first-order valence-electron chi connectivity index (χ1n) is 19.3. The van der Waals surface area contributed by atoms with Gasteiger partial charge in [0.15, 0.2) is 17.3 Å². The Kier molecular flexibility index (Phi) is 11.7. The molecule has 0 unspecified atom stereocenters. The number of hydrogen-bond donors (Lipinski definition) is 1. The number of nitrogens with one attached hydrogen (secondary N) is 1. The van der Waals surface area contributed by atoms with Gasteiger partial charge in [-0.2, -0.15) is 13.2 Å². The number of carbonyl (C=O) groups is 4. The highest BCUT2D eigenvalue weighted by Gasteiger charge is 2.64. The van der Waals surface area contributed by atoms with Crippen LogP contribution in [0.4, 0.5) is 22.0 Å². The molecule has 12 nitrogen and oxygen atoms in total. The zero-order valence-electron chi connectivity index (χ0n) is 32.9. The summed E-state index contributed by atoms with van der Waals surface area (Å²) in [4.78, 5) is 61.7. The molecule has 0 bridgehead atoms. The molecule has 4 aliphatic rings. The Morgan fingerprint density at radius 2 is 1.81 bits per heavy atom. The van der Waals surface area contributed by atoms with E-state index in [9.17, 15) is 49.5 Å². The lowest BCUT2D eigenvalue weighted by Crippen LogP contribution is -2.48. The summed E-state index contributed by atoms with van der Waals surface area (Å²) in [5, 5.41) is -1.84. The van der Waals surface area contributed by atoms with Crippen LogP contribution in [0.15, 0.2) is 36.5 Å². The highest BCUT2D eigenvalue weighted by molar-refractivity contribution is 7.91. The van der Waals surface area contributed by atoms with Gasteiger partial charge in [-0.3, -0.25) is 19.2 Å². The van der Waals surface area contributed by atoms with Crippen molar-refractivity contribution in [3.05, 3.63) is 42.4 Å². The molecular weight excluding hydrogens is 794 g/mol. The predicted molar refractivity (Wildman–Crippen MR) is 199 cm³/mol. The number of Topliss-reactive ketones (excluding diaryl/α,β-unsaturated/α-hetero) is 1. The molecule has 1 aromatic carbocycles. The van der Waals surface area contributed by atoms with Crippen molar-refractivity contribution >= 4 is 44.4 Å². The number of ether oxygens (including phenoxy) is 3. The molecule has 3 heterocycles. The number of hydrogen-bond acceptors (Lipinski definition) is 10. The Morgan fingerprint density at radius 1 is 1.10 bits per heavy atom. The lowest BCUT2D eigenvalue weighted by molar-refractivity contribution is -0.257. The molecule has 1 aromatic heterocycles. The second-order valence-corrected chi connectivity index (χ2v) is 18.8. The zero-order valence-corrected chi connectivity index (χ0v) is 33.7. The second kappa shape index (κ2) is 15.7. The number of nitrogens with zero attached hydrogens (tertiary/aromatic N) is 2. The normalized spacial score (nSPS) is 29.7. The third kappa shape index (κ3) is 8.67. The number of fused-ring (bicyclic) bond motifs is 3. The number of aromatic nitrogens is 1. The van der Waals surface area contributed by atoms with E-state index < -0.39 is 104 Å². The molecule has 2 aromatic rings. The first-order valence-corrected chi connectivity index (χ1v) is 20.8. The van der Waals surface area contributed by atoms with Crippen LogP contribution >= 0.6 is 0 Å². The summed E-state index contributed by atoms with van der Waals surface area (Å²) in [7, 11) is -3.42. The Balaban J connectivity index is 1.36. The second-order valence-electron chi connectivity index (χ2n) is 16.8. The van der Waals surface area contributed by atoms with Gasteiger partial charge in [-0.25, -0.2) is 26.9 Å². The third-order valence-corrected chi connectivity index (χ3v) is 13.9. The number of ketones is 1. The minimum Gasteiger partial charge on any atom is -0.494 e. The largest absolute Gasteiger partial charge is 0.494 e. The molecule has 18 heteroatoms. The lowest BCUT2D eigenvalue weighted by Gasteiger charge is -2.33. The van der Waals surface area contributed by atoms with E-state index in [1.54, 1.807) is 19.1 Å². The van der Waals surface area contributed by atoms with Crippen LogP contribution < -0.4 is 14.2 Å². The predicted octanol–water partition coefficient (Wildman–Crippen LogP) is 6.50. The molecule has 1 saturated heterocycles. The molecule has 7 atom stereocenters. The summed E-state index contributed by atoms with van der Waals surface area (Å²) in [5.74, 6) is -6.93. The molecule has 2 aliphatic carbocycles. The van der Waals surface area contributed by atoms with Crippen molar-refractivity contribution < 1.29 is 63.8 Å². The number of methoxy groups -OCH3 is 1. The van der Waals surface area contributed by atoms with Crippen LogP contribution in [0.5, 0.6) is 11.6 Å². The number of benzene rings is 1. The number of halogens is 5. The Morgan fingerprint density at radius 3 is 2.47 bits per heavy atom. The van der Waals surface area contributed by atoms with Crippen LogP contribution in [0, 0.1) is 34.9 Å². The average molecular weight is 842 g/mol. The summed E-state index contributed by atoms with van der Waals surface area (Å²) in [5.41, 5.74) is -4.45. The number of sulfonamides is 1. The smallest absolute Gasteiger partial charge is 0.427 e. The summed E-state index contributed by atoms with van der Waals surface area (Å²) in [6.45, 7) is 4.74. The Bertz CT molecular complexity index is 2110. The standard InChI is InChI=1S/C40H48F5N3O9S/c1-22-8-6-7-9-25-19-38(25,36(52)47-58(53,54)39(42)11-12-39)20-31(49)30-16-26(56-34-28-17-29(41)32(55-5)15-24(28)10-13-46-34)21-48(30)35(51)27(23(2)14-22)18-33(50)57-37(3,4)40(43,44)45/h7,9-10,13,15,17,22-23,25-27,30H,6,8,11-12,14,16,18-21H2,1-5H3,(H,47,52)/b9-7-/t22-,23-,25-,26-,27+,30+,38-/m1/s1. The first kappa shape index (κ1) is 43.2. The lowest BCUT2D eigenvalue weighted by atomic mass is 9.82. The van der Waals surface area contributed by atoms with E-state index in [4.69, 9.17) is 14.2 Å². The summed E-state index contributed by atoms with van der Waals surface area (Å²) in [6, 6.07) is 2.89.